The van der Waals surface area contributed by atoms with Gasteiger partial charge in [-0.2, -0.15) is 0 Å². The van der Waals surface area contributed by atoms with E-state index in [4.69, 9.17) is 13.8 Å². The standard InChI is InChI=1S/C28H22NO2.C15H28O2.Ir/c1-16-15-30-26-19(16)9-10-21-24-23(31-27(21)26)11-12-29-25(24)18-13-17-7-5-6-8-20(17)22(14-18)28(2,3)4;1-7-14(5,8-2)12(16)11-13(17)15(6,9-3)10-4;/h5-12,14-15H,1-4H3;11,16H,7-10H2,1-6H3;/q-1;;/b;12-11-;. The summed E-state index contributed by atoms with van der Waals surface area (Å²) in [4.78, 5) is 17.0. The number of hydrogen-bond acceptors (Lipinski definition) is 5. The zero-order valence-electron chi connectivity index (χ0n) is 30.6. The summed E-state index contributed by atoms with van der Waals surface area (Å²) in [5, 5.41) is 15.6. The minimum absolute atomic E-state index is 0. The van der Waals surface area contributed by atoms with Gasteiger partial charge in [0, 0.05) is 65.1 Å². The molecule has 5 nitrogen and oxygen atoms in total. The number of fused-ring (bicyclic) bond motifs is 6. The second kappa shape index (κ2) is 14.6. The normalized spacial score (nSPS) is 12.7. The molecule has 6 aromatic rings. The van der Waals surface area contributed by atoms with Crippen LogP contribution in [0.3, 0.4) is 0 Å². The molecule has 0 atom stereocenters. The van der Waals surface area contributed by atoms with E-state index in [0.717, 1.165) is 80.8 Å². The Morgan fingerprint density at radius 1 is 0.857 bits per heavy atom. The molecule has 0 saturated carbocycles. The third kappa shape index (κ3) is 7.14. The van der Waals surface area contributed by atoms with Crippen molar-refractivity contribution in [2.45, 2.75) is 100 Å². The molecule has 3 aromatic carbocycles. The molecule has 0 saturated heterocycles. The van der Waals surface area contributed by atoms with Crippen LogP contribution in [0.2, 0.25) is 0 Å². The van der Waals surface area contributed by atoms with Crippen molar-refractivity contribution >= 4 is 49.5 Å². The van der Waals surface area contributed by atoms with Gasteiger partial charge in [-0.3, -0.25) is 9.78 Å². The molecule has 1 radical (unpaired) electrons. The monoisotopic (exact) mass is 837 g/mol. The number of aryl methyl sites for hydroxylation is 1. The number of rotatable bonds is 8. The number of benzene rings is 3. The van der Waals surface area contributed by atoms with E-state index in [1.807, 2.05) is 60.7 Å². The molecule has 0 aliphatic carbocycles. The minimum atomic E-state index is -0.337. The van der Waals surface area contributed by atoms with Gasteiger partial charge < -0.3 is 13.9 Å². The Hall–Kier alpha value is -3.73. The van der Waals surface area contributed by atoms with Crippen LogP contribution in [0.15, 0.2) is 81.7 Å². The molecule has 0 unspecified atom stereocenters. The molecule has 0 fully saturated rings. The van der Waals surface area contributed by atoms with E-state index in [1.165, 1.54) is 17.0 Å². The Balaban J connectivity index is 0.000000260. The van der Waals surface area contributed by atoms with Crippen LogP contribution in [0.25, 0.3) is 54.9 Å². The van der Waals surface area contributed by atoms with E-state index in [0.29, 0.717) is 0 Å². The van der Waals surface area contributed by atoms with E-state index in [9.17, 15) is 9.90 Å². The predicted molar refractivity (Wildman–Crippen MR) is 200 cm³/mol. The first-order valence-electron chi connectivity index (χ1n) is 17.3. The second-order valence-corrected chi connectivity index (χ2v) is 14.7. The molecule has 0 aliphatic rings. The Morgan fingerprint density at radius 3 is 2.12 bits per heavy atom. The number of carbonyl (C=O) groups excluding carboxylic acids is 1. The molecule has 6 heteroatoms. The molecule has 3 heterocycles. The van der Waals surface area contributed by atoms with Crippen LogP contribution in [-0.4, -0.2) is 15.9 Å². The maximum atomic E-state index is 12.2. The fourth-order valence-corrected chi connectivity index (χ4v) is 6.26. The summed E-state index contributed by atoms with van der Waals surface area (Å²) in [6.07, 6.45) is 8.35. The number of ketones is 1. The summed E-state index contributed by atoms with van der Waals surface area (Å²) < 4.78 is 12.1. The Labute approximate surface area is 304 Å². The first-order valence-corrected chi connectivity index (χ1v) is 17.3. The van der Waals surface area contributed by atoms with E-state index in [1.54, 1.807) is 6.26 Å². The van der Waals surface area contributed by atoms with Gasteiger partial charge in [0.25, 0.3) is 0 Å². The predicted octanol–water partition coefficient (Wildman–Crippen LogP) is 12.6. The Bertz CT molecular complexity index is 2130. The number of aliphatic hydroxyl groups excluding tert-OH is 1. The van der Waals surface area contributed by atoms with Gasteiger partial charge in [-0.1, -0.05) is 97.5 Å². The van der Waals surface area contributed by atoms with Gasteiger partial charge in [0.1, 0.15) is 11.3 Å². The van der Waals surface area contributed by atoms with Crippen molar-refractivity contribution in [1.82, 2.24) is 4.98 Å². The molecule has 1 N–H and O–H groups in total. The summed E-state index contributed by atoms with van der Waals surface area (Å²) in [7, 11) is 0. The minimum Gasteiger partial charge on any atom is -0.512 e. The quantitative estimate of drug-likeness (QED) is 0.0939. The molecule has 49 heavy (non-hydrogen) atoms. The van der Waals surface area contributed by atoms with Crippen LogP contribution in [-0.2, 0) is 30.3 Å². The van der Waals surface area contributed by atoms with Crippen molar-refractivity contribution in [1.29, 1.82) is 0 Å². The average molecular weight is 837 g/mol. The number of allylic oxidation sites excluding steroid dienone is 2. The van der Waals surface area contributed by atoms with Gasteiger partial charge in [-0.15, -0.1) is 29.1 Å². The molecule has 3 aromatic heterocycles. The number of aliphatic hydroxyl groups is 1. The fourth-order valence-electron chi connectivity index (χ4n) is 6.26. The molecular weight excluding hydrogens is 787 g/mol. The topological polar surface area (TPSA) is 76.5 Å². The van der Waals surface area contributed by atoms with E-state index in [-0.39, 0.29) is 47.9 Å². The van der Waals surface area contributed by atoms with Crippen LogP contribution in [0.5, 0.6) is 0 Å². The molecule has 0 amide bonds. The van der Waals surface area contributed by atoms with E-state index in [2.05, 4.69) is 69.3 Å². The molecule has 261 valence electrons. The fraction of sp³-hybridized carbons (Fsp3) is 0.395. The summed E-state index contributed by atoms with van der Waals surface area (Å²) in [6.45, 7) is 20.9. The molecule has 6 rings (SSSR count). The van der Waals surface area contributed by atoms with Gasteiger partial charge in [-0.05, 0) is 55.7 Å². The third-order valence-electron chi connectivity index (χ3n) is 10.7. The number of hydrogen-bond donors (Lipinski definition) is 1. The average Bonchev–Trinajstić information content (AvgIpc) is 3.67. The van der Waals surface area contributed by atoms with Crippen molar-refractivity contribution in [3.63, 3.8) is 0 Å². The zero-order valence-corrected chi connectivity index (χ0v) is 33.0. The number of furan rings is 2. The molecule has 0 spiro atoms. The third-order valence-corrected chi connectivity index (χ3v) is 10.7. The smallest absolute Gasteiger partial charge is 0.177 e. The van der Waals surface area contributed by atoms with E-state index < -0.39 is 0 Å². The summed E-state index contributed by atoms with van der Waals surface area (Å²) in [5.41, 5.74) is 6.01. The Morgan fingerprint density at radius 2 is 1.49 bits per heavy atom. The maximum absolute atomic E-state index is 12.2. The summed E-state index contributed by atoms with van der Waals surface area (Å²) in [6, 6.07) is 20.4. The first-order chi connectivity index (χ1) is 22.7. The van der Waals surface area contributed by atoms with Crippen LogP contribution in [0.4, 0.5) is 0 Å². The van der Waals surface area contributed by atoms with Crippen molar-refractivity contribution < 1.29 is 38.8 Å². The van der Waals surface area contributed by atoms with Crippen LogP contribution >= 0.6 is 0 Å². The number of nitrogens with zero attached hydrogens (tertiary/aromatic N) is 1. The van der Waals surface area contributed by atoms with Gasteiger partial charge in [0.05, 0.1) is 6.26 Å². The van der Waals surface area contributed by atoms with Gasteiger partial charge in [-0.25, -0.2) is 0 Å². The van der Waals surface area contributed by atoms with Crippen molar-refractivity contribution in [2.24, 2.45) is 10.8 Å². The van der Waals surface area contributed by atoms with Crippen molar-refractivity contribution in [3.05, 3.63) is 90.0 Å². The second-order valence-electron chi connectivity index (χ2n) is 14.7. The summed E-state index contributed by atoms with van der Waals surface area (Å²) >= 11 is 0. The first kappa shape index (κ1) is 38.1. The van der Waals surface area contributed by atoms with Gasteiger partial charge in [0.2, 0.25) is 0 Å². The summed E-state index contributed by atoms with van der Waals surface area (Å²) in [5.74, 6) is 0.286. The van der Waals surface area contributed by atoms with E-state index >= 15 is 0 Å². The SMILES string of the molecule is CCC(C)(CC)C(=O)/C=C(\O)C(C)(CC)CC.Cc1coc2c1ccc1c2oc2ccnc(-c3[c-]c4ccccc4c(C(C)(C)C)c3)c21.[Ir]. The van der Waals surface area contributed by atoms with Crippen LogP contribution in [0, 0.1) is 23.8 Å². The number of carbonyl (C=O) groups is 1. The van der Waals surface area contributed by atoms with Crippen molar-refractivity contribution in [2.75, 3.05) is 0 Å². The molecule has 0 aliphatic heterocycles. The van der Waals surface area contributed by atoms with Gasteiger partial charge in [0.15, 0.2) is 16.9 Å². The molecule has 0 bridgehead atoms. The van der Waals surface area contributed by atoms with Crippen LogP contribution < -0.4 is 0 Å². The van der Waals surface area contributed by atoms with Gasteiger partial charge >= 0.3 is 0 Å². The maximum Gasteiger partial charge on any atom is 0.177 e. The molecular formula is C43H50IrNO4-. The largest absolute Gasteiger partial charge is 0.512 e. The Kier molecular flexibility index (Phi) is 11.4. The van der Waals surface area contributed by atoms with Crippen LogP contribution in [0.1, 0.15) is 99.1 Å². The zero-order chi connectivity index (χ0) is 35.0. The number of pyridine rings is 1. The number of aromatic nitrogens is 1. The van der Waals surface area contributed by atoms with Crippen molar-refractivity contribution in [3.8, 4) is 11.3 Å².